The summed E-state index contributed by atoms with van der Waals surface area (Å²) in [7, 11) is -1.98. The topological polar surface area (TPSA) is 13.1 Å². The molecule has 2 unspecified atom stereocenters. The fourth-order valence-electron chi connectivity index (χ4n) is 6.79. The lowest BCUT2D eigenvalue weighted by Crippen LogP contribution is -2.39. The third kappa shape index (κ3) is 4.51. The van der Waals surface area contributed by atoms with Crippen LogP contribution in [0.2, 0.25) is 18.6 Å². The molecule has 0 saturated heterocycles. The summed E-state index contributed by atoms with van der Waals surface area (Å²) in [5.41, 5.74) is 13.1. The van der Waals surface area contributed by atoms with Gasteiger partial charge in [0.25, 0.3) is 0 Å². The van der Waals surface area contributed by atoms with Gasteiger partial charge in [0.2, 0.25) is 0 Å². The molecule has 2 aliphatic rings. The minimum atomic E-state index is -1.98. The van der Waals surface area contributed by atoms with Crippen LogP contribution in [0.4, 0.5) is 0 Å². The predicted octanol–water partition coefficient (Wildman–Crippen LogP) is 10.7. The van der Waals surface area contributed by atoms with Crippen molar-refractivity contribution in [2.45, 2.75) is 57.8 Å². The molecule has 0 fully saturated rings. The highest BCUT2D eigenvalue weighted by Gasteiger charge is 2.47. The van der Waals surface area contributed by atoms with Gasteiger partial charge in [0.05, 0.1) is 8.07 Å². The summed E-state index contributed by atoms with van der Waals surface area (Å²) in [6, 6.07) is 31.2. The molecule has 1 heterocycles. The van der Waals surface area contributed by atoms with E-state index in [0.717, 1.165) is 11.5 Å². The van der Waals surface area contributed by atoms with Gasteiger partial charge in [0.15, 0.2) is 0 Å². The highest BCUT2D eigenvalue weighted by molar-refractivity contribution is 6.83. The molecular weight excluding hydrogens is 488 g/mol. The van der Waals surface area contributed by atoms with Crippen molar-refractivity contribution in [3.05, 3.63) is 136 Å². The van der Waals surface area contributed by atoms with Crippen LogP contribution >= 0.6 is 0 Å². The van der Waals surface area contributed by atoms with Crippen molar-refractivity contribution in [3.8, 4) is 11.1 Å². The Morgan fingerprint density at radius 3 is 2.15 bits per heavy atom. The third-order valence-electron chi connectivity index (χ3n) is 8.85. The maximum absolute atomic E-state index is 6.32. The van der Waals surface area contributed by atoms with E-state index in [1.54, 1.807) is 0 Å². The molecule has 0 radical (unpaired) electrons. The molecule has 3 aromatic carbocycles. The molecule has 0 bridgehead atoms. The van der Waals surface area contributed by atoms with Gasteiger partial charge in [-0.2, -0.15) is 0 Å². The van der Waals surface area contributed by atoms with E-state index < -0.39 is 8.07 Å². The molecule has 39 heavy (non-hydrogen) atoms. The molecule has 0 spiro atoms. The first-order chi connectivity index (χ1) is 18.7. The fourth-order valence-corrected chi connectivity index (χ4v) is 11.1. The Bertz CT molecular complexity index is 1610. The second-order valence-electron chi connectivity index (χ2n) is 12.2. The Balaban J connectivity index is 1.48. The number of hydrogen-bond acceptors (Lipinski definition) is 1. The van der Waals surface area contributed by atoms with E-state index in [9.17, 15) is 0 Å². The lowest BCUT2D eigenvalue weighted by Gasteiger charge is -2.37. The molecule has 0 N–H and O–H groups in total. The smallest absolute Gasteiger partial charge is 0.130 e. The van der Waals surface area contributed by atoms with Gasteiger partial charge < -0.3 is 4.42 Å². The molecule has 0 amide bonds. The van der Waals surface area contributed by atoms with Gasteiger partial charge in [-0.15, -0.1) is 0 Å². The van der Waals surface area contributed by atoms with E-state index in [1.165, 1.54) is 50.1 Å². The van der Waals surface area contributed by atoms with Crippen molar-refractivity contribution in [2.75, 3.05) is 0 Å². The monoisotopic (exact) mass is 526 g/mol. The van der Waals surface area contributed by atoms with Crippen LogP contribution < -0.4 is 0 Å². The molecule has 2 atom stereocenters. The Morgan fingerprint density at radius 1 is 0.744 bits per heavy atom. The first-order valence-corrected chi connectivity index (χ1v) is 17.4. The van der Waals surface area contributed by atoms with Crippen molar-refractivity contribution in [1.29, 1.82) is 0 Å². The summed E-state index contributed by atoms with van der Waals surface area (Å²) in [5.74, 6) is 2.51. The van der Waals surface area contributed by atoms with Crippen molar-refractivity contribution in [2.24, 2.45) is 0 Å². The number of aryl methyl sites for hydroxylation is 1. The number of benzene rings is 3. The molecule has 1 aromatic heterocycles. The average Bonchev–Trinajstić information content (AvgIpc) is 3.65. The minimum Gasteiger partial charge on any atom is -0.462 e. The van der Waals surface area contributed by atoms with Gasteiger partial charge in [-0.3, -0.25) is 0 Å². The van der Waals surface area contributed by atoms with Crippen molar-refractivity contribution >= 4 is 25.3 Å². The first-order valence-electron chi connectivity index (χ1n) is 14.2. The van der Waals surface area contributed by atoms with Crippen molar-refractivity contribution in [1.82, 2.24) is 0 Å². The molecule has 0 saturated carbocycles. The van der Waals surface area contributed by atoms with E-state index in [4.69, 9.17) is 4.42 Å². The largest absolute Gasteiger partial charge is 0.462 e. The third-order valence-corrected chi connectivity index (χ3v) is 13.2. The van der Waals surface area contributed by atoms with E-state index in [0.29, 0.717) is 17.0 Å². The number of fused-ring (bicyclic) bond motifs is 1. The van der Waals surface area contributed by atoms with Crippen LogP contribution in [-0.2, 0) is 0 Å². The van der Waals surface area contributed by atoms with Crippen LogP contribution in [0.25, 0.3) is 28.3 Å². The second kappa shape index (κ2) is 9.84. The van der Waals surface area contributed by atoms with E-state index in [1.807, 2.05) is 6.92 Å². The standard InChI is InChI=1S/C37H38OSi/c1-24(2)27-16-18-29(19-17-27)31-13-10-14-32-33(31)23-34(35-20-15-26(4)38-35)37(32)39(5,6)36-22-30(21-25(36)3)28-11-8-7-9-12-28/h7-24,36-37H,1-6H3. The van der Waals surface area contributed by atoms with Crippen LogP contribution in [0.5, 0.6) is 0 Å². The number of rotatable bonds is 6. The van der Waals surface area contributed by atoms with Crippen molar-refractivity contribution < 1.29 is 4.42 Å². The SMILES string of the molecule is CC1=CC(c2ccccc2)=CC1[Si](C)(C)C1C(c2ccc(C)o2)=Cc2c(-c3ccc(C(C)C)cc3)cccc21. The summed E-state index contributed by atoms with van der Waals surface area (Å²) >= 11 is 0. The predicted molar refractivity (Wildman–Crippen MR) is 169 cm³/mol. The Kier molecular flexibility index (Phi) is 6.47. The van der Waals surface area contributed by atoms with Crippen LogP contribution in [0, 0.1) is 6.92 Å². The maximum atomic E-state index is 6.32. The summed E-state index contributed by atoms with van der Waals surface area (Å²) in [4.78, 5) is 0. The van der Waals surface area contributed by atoms with E-state index >= 15 is 0 Å². The van der Waals surface area contributed by atoms with Crippen LogP contribution in [-0.4, -0.2) is 8.07 Å². The number of hydrogen-bond donors (Lipinski definition) is 0. The molecule has 6 rings (SSSR count). The average molecular weight is 527 g/mol. The van der Waals surface area contributed by atoms with Crippen molar-refractivity contribution in [3.63, 3.8) is 0 Å². The molecule has 196 valence electrons. The van der Waals surface area contributed by atoms with Gasteiger partial charge in [-0.25, -0.2) is 0 Å². The summed E-state index contributed by atoms with van der Waals surface area (Å²) in [6.07, 6.45) is 7.40. The van der Waals surface area contributed by atoms with E-state index in [-0.39, 0.29) is 0 Å². The highest BCUT2D eigenvalue weighted by atomic mass is 28.3. The fraction of sp³-hybridized carbons (Fsp3) is 0.243. The zero-order chi connectivity index (χ0) is 27.3. The molecule has 2 heteroatoms. The van der Waals surface area contributed by atoms with Crippen LogP contribution in [0.3, 0.4) is 0 Å². The Hall–Kier alpha value is -3.62. The molecule has 4 aromatic rings. The molecule has 2 aliphatic carbocycles. The van der Waals surface area contributed by atoms with Gasteiger partial charge in [-0.1, -0.05) is 117 Å². The Labute approximate surface area is 234 Å². The van der Waals surface area contributed by atoms with Gasteiger partial charge in [0.1, 0.15) is 11.5 Å². The van der Waals surface area contributed by atoms with Gasteiger partial charge in [0, 0.05) is 11.1 Å². The zero-order valence-electron chi connectivity index (χ0n) is 24.0. The second-order valence-corrected chi connectivity index (χ2v) is 17.0. The quantitative estimate of drug-likeness (QED) is 0.228. The number of furan rings is 1. The normalized spacial score (nSPS) is 18.7. The van der Waals surface area contributed by atoms with Crippen LogP contribution in [0.1, 0.15) is 66.0 Å². The zero-order valence-corrected chi connectivity index (χ0v) is 25.0. The summed E-state index contributed by atoms with van der Waals surface area (Å²) in [6.45, 7) is 14.0. The number of allylic oxidation sites excluding steroid dienone is 5. The lowest BCUT2D eigenvalue weighted by atomic mass is 9.94. The molecule has 0 aliphatic heterocycles. The molecular formula is C37H38OSi. The molecule has 1 nitrogen and oxygen atoms in total. The highest BCUT2D eigenvalue weighted by Crippen LogP contribution is 2.55. The summed E-state index contributed by atoms with van der Waals surface area (Å²) in [5, 5.41) is 0. The first kappa shape index (κ1) is 25.6. The maximum Gasteiger partial charge on any atom is 0.130 e. The van der Waals surface area contributed by atoms with Crippen LogP contribution in [0.15, 0.2) is 107 Å². The lowest BCUT2D eigenvalue weighted by molar-refractivity contribution is 0.520. The van der Waals surface area contributed by atoms with Gasteiger partial charge >= 0.3 is 0 Å². The summed E-state index contributed by atoms with van der Waals surface area (Å²) < 4.78 is 6.32. The van der Waals surface area contributed by atoms with Gasteiger partial charge in [-0.05, 0) is 82.5 Å². The van der Waals surface area contributed by atoms with E-state index in [2.05, 4.69) is 137 Å². The minimum absolute atomic E-state index is 0.340. The Morgan fingerprint density at radius 2 is 1.49 bits per heavy atom.